The van der Waals surface area contributed by atoms with Crippen molar-refractivity contribution in [2.75, 3.05) is 0 Å². The fraction of sp³-hybridized carbons (Fsp3) is 0.300. The van der Waals surface area contributed by atoms with Gasteiger partial charge in [0.25, 0.3) is 10.0 Å². The van der Waals surface area contributed by atoms with Crippen LogP contribution in [-0.4, -0.2) is 12.7 Å². The third-order valence-corrected chi connectivity index (χ3v) is 6.22. The molecule has 0 unspecified atom stereocenters. The number of allylic oxidation sites excluding steroid dienone is 1. The lowest BCUT2D eigenvalue weighted by Crippen LogP contribution is -2.32. The summed E-state index contributed by atoms with van der Waals surface area (Å²) < 4.78 is 27.9. The van der Waals surface area contributed by atoms with Gasteiger partial charge < -0.3 is 0 Å². The van der Waals surface area contributed by atoms with Gasteiger partial charge in [-0.25, -0.2) is 8.42 Å². The summed E-state index contributed by atoms with van der Waals surface area (Å²) in [4.78, 5) is 0.356. The predicted molar refractivity (Wildman–Crippen MR) is 97.9 cm³/mol. The van der Waals surface area contributed by atoms with Crippen LogP contribution in [0.2, 0.25) is 0 Å². The van der Waals surface area contributed by atoms with Gasteiger partial charge in [0, 0.05) is 5.70 Å². The van der Waals surface area contributed by atoms with Gasteiger partial charge in [0.05, 0.1) is 11.4 Å². The third-order valence-electron chi connectivity index (χ3n) is 4.41. The zero-order chi connectivity index (χ0) is 17.2. The Morgan fingerprint density at radius 3 is 2.46 bits per heavy atom. The fourth-order valence-electron chi connectivity index (χ4n) is 2.96. The van der Waals surface area contributed by atoms with Crippen molar-refractivity contribution in [3.8, 4) is 0 Å². The Morgan fingerprint density at radius 2 is 1.75 bits per heavy atom. The number of hydrogen-bond acceptors (Lipinski definition) is 2. The van der Waals surface area contributed by atoms with Crippen molar-refractivity contribution in [1.29, 1.82) is 0 Å². The topological polar surface area (TPSA) is 37.4 Å². The molecule has 1 aliphatic heterocycles. The minimum Gasteiger partial charge on any atom is -0.266 e. The molecule has 0 atom stereocenters. The summed E-state index contributed by atoms with van der Waals surface area (Å²) >= 11 is 0. The van der Waals surface area contributed by atoms with Crippen molar-refractivity contribution in [3.63, 3.8) is 0 Å². The number of benzene rings is 2. The number of hydrogen-bond donors (Lipinski definition) is 0. The molecule has 3 nitrogen and oxygen atoms in total. The first kappa shape index (κ1) is 16.8. The monoisotopic (exact) mass is 341 g/mol. The Kier molecular flexibility index (Phi) is 4.76. The molecular formula is C20H23NO2S. The molecule has 126 valence electrons. The largest absolute Gasteiger partial charge is 0.266 e. The van der Waals surface area contributed by atoms with E-state index in [0.29, 0.717) is 11.4 Å². The maximum absolute atomic E-state index is 13.2. The van der Waals surface area contributed by atoms with Crippen LogP contribution in [0.3, 0.4) is 0 Å². The Bertz CT molecular complexity index is 851. The van der Waals surface area contributed by atoms with E-state index in [1.807, 2.05) is 43.3 Å². The molecule has 0 spiro atoms. The third kappa shape index (κ3) is 3.24. The van der Waals surface area contributed by atoms with Gasteiger partial charge in [0.15, 0.2) is 0 Å². The molecule has 3 rings (SSSR count). The first-order chi connectivity index (χ1) is 11.5. The van der Waals surface area contributed by atoms with Gasteiger partial charge in [-0.05, 0) is 49.1 Å². The van der Waals surface area contributed by atoms with Crippen molar-refractivity contribution in [2.45, 2.75) is 44.6 Å². The van der Waals surface area contributed by atoms with Crippen LogP contribution in [0, 0.1) is 6.92 Å². The molecule has 0 saturated carbocycles. The van der Waals surface area contributed by atoms with Crippen LogP contribution in [0.1, 0.15) is 42.9 Å². The Labute approximate surface area is 144 Å². The molecule has 1 aliphatic rings. The maximum atomic E-state index is 13.2. The zero-order valence-electron chi connectivity index (χ0n) is 14.2. The number of nitrogens with zero attached hydrogens (tertiary/aromatic N) is 1. The van der Waals surface area contributed by atoms with Gasteiger partial charge in [0.1, 0.15) is 0 Å². The second-order valence-corrected chi connectivity index (χ2v) is 8.13. The Hall–Kier alpha value is -2.07. The van der Waals surface area contributed by atoms with Gasteiger partial charge >= 0.3 is 0 Å². The molecule has 0 bridgehead atoms. The first-order valence-corrected chi connectivity index (χ1v) is 9.84. The smallest absolute Gasteiger partial charge is 0.264 e. The Balaban J connectivity index is 2.03. The van der Waals surface area contributed by atoms with Crippen LogP contribution in [0.5, 0.6) is 0 Å². The number of fused-ring (bicyclic) bond motifs is 1. The highest BCUT2D eigenvalue weighted by atomic mass is 32.2. The number of rotatable bonds is 5. The number of sulfonamides is 1. The summed E-state index contributed by atoms with van der Waals surface area (Å²) in [5.74, 6) is 0. The van der Waals surface area contributed by atoms with Gasteiger partial charge in [-0.1, -0.05) is 55.3 Å². The minimum absolute atomic E-state index is 0.356. The van der Waals surface area contributed by atoms with Crippen molar-refractivity contribution < 1.29 is 8.42 Å². The van der Waals surface area contributed by atoms with E-state index in [2.05, 4.69) is 13.0 Å². The summed E-state index contributed by atoms with van der Waals surface area (Å²) in [6, 6.07) is 15.1. The number of unbranched alkanes of at least 4 members (excludes halogenated alkanes) is 1. The summed E-state index contributed by atoms with van der Waals surface area (Å²) in [5.41, 5.74) is 4.11. The van der Waals surface area contributed by atoms with E-state index in [1.165, 1.54) is 0 Å². The van der Waals surface area contributed by atoms with E-state index in [9.17, 15) is 8.42 Å². The molecule has 2 aromatic rings. The van der Waals surface area contributed by atoms with E-state index in [4.69, 9.17) is 0 Å². The molecule has 0 saturated heterocycles. The quantitative estimate of drug-likeness (QED) is 0.788. The maximum Gasteiger partial charge on any atom is 0.264 e. The van der Waals surface area contributed by atoms with Crippen molar-refractivity contribution in [3.05, 3.63) is 70.9 Å². The second-order valence-electron chi connectivity index (χ2n) is 6.26. The zero-order valence-corrected chi connectivity index (χ0v) is 15.0. The summed E-state index contributed by atoms with van der Waals surface area (Å²) in [5, 5.41) is 0. The van der Waals surface area contributed by atoms with Gasteiger partial charge in [-0.15, -0.1) is 0 Å². The summed E-state index contributed by atoms with van der Waals surface area (Å²) in [6.07, 6.45) is 4.82. The van der Waals surface area contributed by atoms with E-state index in [1.54, 1.807) is 16.4 Å². The number of aryl methyl sites for hydroxylation is 1. The molecule has 0 radical (unpaired) electrons. The van der Waals surface area contributed by atoms with Crippen LogP contribution >= 0.6 is 0 Å². The Morgan fingerprint density at radius 1 is 1.04 bits per heavy atom. The molecule has 0 aromatic heterocycles. The van der Waals surface area contributed by atoms with E-state index >= 15 is 0 Å². The SMILES string of the molecule is CCCCC1=Cc2ccccc2CN1S(=O)(=O)c1ccc(C)cc1. The van der Waals surface area contributed by atoms with Crippen LogP contribution in [-0.2, 0) is 16.6 Å². The van der Waals surface area contributed by atoms with Gasteiger partial charge in [-0.3, -0.25) is 4.31 Å². The van der Waals surface area contributed by atoms with Crippen LogP contribution < -0.4 is 0 Å². The molecule has 2 aromatic carbocycles. The lowest BCUT2D eigenvalue weighted by Gasteiger charge is -2.31. The highest BCUT2D eigenvalue weighted by Gasteiger charge is 2.29. The molecule has 1 heterocycles. The predicted octanol–water partition coefficient (Wildman–Crippen LogP) is 4.73. The average Bonchev–Trinajstić information content (AvgIpc) is 2.59. The normalized spacial score (nSPS) is 14.2. The lowest BCUT2D eigenvalue weighted by molar-refractivity contribution is 0.452. The fourth-order valence-corrected chi connectivity index (χ4v) is 4.45. The first-order valence-electron chi connectivity index (χ1n) is 8.40. The molecular weight excluding hydrogens is 318 g/mol. The molecule has 0 amide bonds. The summed E-state index contributed by atoms with van der Waals surface area (Å²) in [6.45, 7) is 4.48. The van der Waals surface area contributed by atoms with Gasteiger partial charge in [0.2, 0.25) is 0 Å². The summed E-state index contributed by atoms with van der Waals surface area (Å²) in [7, 11) is -3.54. The van der Waals surface area contributed by atoms with Gasteiger partial charge in [-0.2, -0.15) is 0 Å². The second kappa shape index (κ2) is 6.81. The highest BCUT2D eigenvalue weighted by molar-refractivity contribution is 7.89. The van der Waals surface area contributed by atoms with Crippen LogP contribution in [0.25, 0.3) is 6.08 Å². The molecule has 0 aliphatic carbocycles. The molecule has 0 N–H and O–H groups in total. The minimum atomic E-state index is -3.54. The average molecular weight is 341 g/mol. The van der Waals surface area contributed by atoms with E-state index in [-0.39, 0.29) is 0 Å². The van der Waals surface area contributed by atoms with Crippen molar-refractivity contribution >= 4 is 16.1 Å². The van der Waals surface area contributed by atoms with E-state index in [0.717, 1.165) is 41.6 Å². The molecule has 24 heavy (non-hydrogen) atoms. The van der Waals surface area contributed by atoms with E-state index < -0.39 is 10.0 Å². The standard InChI is InChI=1S/C20H23NO2S/c1-3-4-9-19-14-17-7-5-6-8-18(17)15-21(19)24(22,23)20-12-10-16(2)11-13-20/h5-8,10-14H,3-4,9,15H2,1-2H3. The van der Waals surface area contributed by atoms with Crippen molar-refractivity contribution in [1.82, 2.24) is 4.31 Å². The highest BCUT2D eigenvalue weighted by Crippen LogP contribution is 2.32. The molecule has 4 heteroatoms. The molecule has 0 fully saturated rings. The lowest BCUT2D eigenvalue weighted by atomic mass is 10.0. The van der Waals surface area contributed by atoms with Crippen LogP contribution in [0.4, 0.5) is 0 Å². The van der Waals surface area contributed by atoms with Crippen molar-refractivity contribution in [2.24, 2.45) is 0 Å². The van der Waals surface area contributed by atoms with Crippen LogP contribution in [0.15, 0.2) is 59.1 Å².